The van der Waals surface area contributed by atoms with E-state index in [1.54, 1.807) is 9.80 Å². The summed E-state index contributed by atoms with van der Waals surface area (Å²) in [5, 5.41) is 3.14. The molecule has 3 aliphatic rings. The van der Waals surface area contributed by atoms with Crippen LogP contribution in [0.1, 0.15) is 28.7 Å². The Balaban J connectivity index is 1.31. The Morgan fingerprint density at radius 1 is 1.03 bits per heavy atom. The summed E-state index contributed by atoms with van der Waals surface area (Å²) in [5.41, 5.74) is 13.0. The van der Waals surface area contributed by atoms with E-state index in [1.807, 2.05) is 66.7 Å². The van der Waals surface area contributed by atoms with Gasteiger partial charge in [-0.15, -0.1) is 0 Å². The lowest BCUT2D eigenvalue weighted by Gasteiger charge is -2.26. The molecular formula is C28H27F2N5O. The largest absolute Gasteiger partial charge is 0.351 e. The van der Waals surface area contributed by atoms with Gasteiger partial charge in [0.05, 0.1) is 6.54 Å². The minimum Gasteiger partial charge on any atom is -0.351 e. The monoisotopic (exact) mass is 487 g/mol. The smallest absolute Gasteiger partial charge is 0.273 e. The number of hydrogen-bond acceptors (Lipinski definition) is 5. The topological polar surface area (TPSA) is 74.0 Å². The fourth-order valence-corrected chi connectivity index (χ4v) is 5.35. The first-order chi connectivity index (χ1) is 17.4. The zero-order valence-electron chi connectivity index (χ0n) is 19.8. The van der Waals surface area contributed by atoms with Gasteiger partial charge >= 0.3 is 0 Å². The van der Waals surface area contributed by atoms with Crippen LogP contribution in [0.2, 0.25) is 0 Å². The van der Waals surface area contributed by atoms with Crippen molar-refractivity contribution in [3.8, 4) is 11.1 Å². The molecule has 3 aromatic rings. The van der Waals surface area contributed by atoms with Crippen LogP contribution in [-0.2, 0) is 24.4 Å². The Labute approximate surface area is 208 Å². The van der Waals surface area contributed by atoms with Crippen molar-refractivity contribution in [3.05, 3.63) is 89.0 Å². The van der Waals surface area contributed by atoms with E-state index in [0.29, 0.717) is 37.5 Å². The lowest BCUT2D eigenvalue weighted by atomic mass is 9.94. The van der Waals surface area contributed by atoms with E-state index in [4.69, 9.17) is 5.73 Å². The molecule has 6 rings (SSSR count). The molecule has 0 bridgehead atoms. The molecule has 1 atom stereocenters. The number of alkyl halides is 2. The predicted octanol–water partition coefficient (Wildman–Crippen LogP) is 4.19. The van der Waals surface area contributed by atoms with Crippen LogP contribution in [0, 0.1) is 0 Å². The summed E-state index contributed by atoms with van der Waals surface area (Å²) in [6.07, 6.45) is -0.821. The maximum atomic E-state index is 13.8. The van der Waals surface area contributed by atoms with Crippen molar-refractivity contribution < 1.29 is 13.6 Å². The van der Waals surface area contributed by atoms with E-state index in [-0.39, 0.29) is 18.9 Å². The number of aliphatic imine (C=N–C) groups is 1. The first-order valence-corrected chi connectivity index (χ1v) is 12.2. The van der Waals surface area contributed by atoms with Gasteiger partial charge in [-0.05, 0) is 39.9 Å². The van der Waals surface area contributed by atoms with Crippen molar-refractivity contribution in [3.63, 3.8) is 0 Å². The fourth-order valence-electron chi connectivity index (χ4n) is 5.35. The second kappa shape index (κ2) is 8.80. The van der Waals surface area contributed by atoms with Crippen LogP contribution in [0.3, 0.4) is 0 Å². The fraction of sp³-hybridized carbons (Fsp3) is 0.286. The van der Waals surface area contributed by atoms with Crippen LogP contribution in [0.15, 0.2) is 71.7 Å². The molecule has 3 aromatic carbocycles. The Hall–Kier alpha value is -3.62. The number of hydrogen-bond donors (Lipinski definition) is 2. The maximum absolute atomic E-state index is 13.8. The molecule has 0 saturated carbocycles. The van der Waals surface area contributed by atoms with Gasteiger partial charge in [0.15, 0.2) is 6.29 Å². The number of carbonyl (C=O) groups excluding carboxylic acids is 1. The normalized spacial score (nSPS) is 20.5. The highest BCUT2D eigenvalue weighted by Crippen LogP contribution is 2.34. The van der Waals surface area contributed by atoms with E-state index in [0.717, 1.165) is 33.5 Å². The zero-order chi connectivity index (χ0) is 24.9. The predicted molar refractivity (Wildman–Crippen MR) is 136 cm³/mol. The van der Waals surface area contributed by atoms with E-state index < -0.39 is 12.2 Å². The summed E-state index contributed by atoms with van der Waals surface area (Å²) >= 11 is 0. The Kier molecular flexibility index (Phi) is 5.58. The van der Waals surface area contributed by atoms with Gasteiger partial charge in [-0.3, -0.25) is 15.4 Å². The highest BCUT2D eigenvalue weighted by atomic mass is 19.3. The summed E-state index contributed by atoms with van der Waals surface area (Å²) in [7, 11) is 0. The number of halogens is 2. The standard InChI is InChI=1S/C28H27F2N5O/c29-28(30)11-12-34(17-28)14-21-7-3-4-8-22(21)18-9-10-24-23(13-18)25(33-27(31)32-24)26(36)35-15-19-5-1-2-6-20(19)16-35/h1-10,13,27,32H,11-12,14-17,31H2. The van der Waals surface area contributed by atoms with Crippen molar-refractivity contribution in [2.24, 2.45) is 10.7 Å². The van der Waals surface area contributed by atoms with Gasteiger partial charge in [-0.25, -0.2) is 13.8 Å². The molecule has 3 N–H and O–H groups in total. The van der Waals surface area contributed by atoms with E-state index in [1.165, 1.54) is 0 Å². The molecule has 1 amide bonds. The van der Waals surface area contributed by atoms with Crippen molar-refractivity contribution in [1.29, 1.82) is 0 Å². The molecule has 1 saturated heterocycles. The summed E-state index contributed by atoms with van der Waals surface area (Å²) in [6.45, 7) is 1.66. The molecule has 8 heteroatoms. The number of fused-ring (bicyclic) bond motifs is 2. The summed E-state index contributed by atoms with van der Waals surface area (Å²) in [6, 6.07) is 21.7. The second-order valence-corrected chi connectivity index (χ2v) is 9.73. The van der Waals surface area contributed by atoms with Crippen molar-refractivity contribution in [2.75, 3.05) is 18.4 Å². The lowest BCUT2D eigenvalue weighted by molar-refractivity contribution is -0.124. The van der Waals surface area contributed by atoms with Gasteiger partial charge in [-0.2, -0.15) is 0 Å². The number of nitrogens with two attached hydrogens (primary N) is 1. The Morgan fingerprint density at radius 2 is 1.75 bits per heavy atom. The number of carbonyl (C=O) groups is 1. The molecule has 1 fully saturated rings. The molecule has 184 valence electrons. The Morgan fingerprint density at radius 3 is 2.47 bits per heavy atom. The van der Waals surface area contributed by atoms with E-state index in [9.17, 15) is 13.6 Å². The van der Waals surface area contributed by atoms with Gasteiger partial charge in [0.1, 0.15) is 5.71 Å². The maximum Gasteiger partial charge on any atom is 0.273 e. The molecule has 1 unspecified atom stereocenters. The molecule has 6 nitrogen and oxygen atoms in total. The number of amides is 1. The van der Waals surface area contributed by atoms with Gasteiger partial charge < -0.3 is 10.2 Å². The van der Waals surface area contributed by atoms with E-state index in [2.05, 4.69) is 10.3 Å². The molecule has 0 spiro atoms. The minimum absolute atomic E-state index is 0.109. The average molecular weight is 488 g/mol. The molecule has 3 aliphatic heterocycles. The SMILES string of the molecule is NC1N=C(C(=O)N2Cc3ccccc3C2)c2cc(-c3ccccc3CN3CCC(F)(F)C3)ccc2N1. The minimum atomic E-state index is -2.63. The van der Waals surface area contributed by atoms with Crippen LogP contribution >= 0.6 is 0 Å². The highest BCUT2D eigenvalue weighted by Gasteiger charge is 2.38. The molecule has 3 heterocycles. The van der Waals surface area contributed by atoms with Gasteiger partial charge in [0.2, 0.25) is 0 Å². The average Bonchev–Trinajstić information content (AvgIpc) is 3.45. The first kappa shape index (κ1) is 22.8. The zero-order valence-corrected chi connectivity index (χ0v) is 19.8. The number of rotatable bonds is 4. The molecule has 0 radical (unpaired) electrons. The molecule has 36 heavy (non-hydrogen) atoms. The number of nitrogens with zero attached hydrogens (tertiary/aromatic N) is 3. The molecule has 0 aliphatic carbocycles. The number of anilines is 1. The van der Waals surface area contributed by atoms with Gasteiger partial charge in [-0.1, -0.05) is 54.6 Å². The Bertz CT molecular complexity index is 1350. The third kappa shape index (κ3) is 4.27. The van der Waals surface area contributed by atoms with Crippen LogP contribution < -0.4 is 11.1 Å². The third-order valence-electron chi connectivity index (χ3n) is 7.15. The number of nitrogens with one attached hydrogen (secondary N) is 1. The van der Waals surface area contributed by atoms with Crippen LogP contribution in [0.25, 0.3) is 11.1 Å². The summed E-state index contributed by atoms with van der Waals surface area (Å²) < 4.78 is 27.5. The van der Waals surface area contributed by atoms with Crippen LogP contribution in [-0.4, -0.2) is 46.7 Å². The lowest BCUT2D eigenvalue weighted by Crippen LogP contribution is -2.40. The van der Waals surface area contributed by atoms with Crippen molar-refractivity contribution in [1.82, 2.24) is 9.80 Å². The van der Waals surface area contributed by atoms with Gasteiger partial charge in [0.25, 0.3) is 11.8 Å². The quantitative estimate of drug-likeness (QED) is 0.579. The van der Waals surface area contributed by atoms with E-state index >= 15 is 0 Å². The molecular weight excluding hydrogens is 460 g/mol. The first-order valence-electron chi connectivity index (χ1n) is 12.2. The summed E-state index contributed by atoms with van der Waals surface area (Å²) in [5.74, 6) is -2.79. The van der Waals surface area contributed by atoms with Crippen LogP contribution in [0.5, 0.6) is 0 Å². The summed E-state index contributed by atoms with van der Waals surface area (Å²) in [4.78, 5) is 21.7. The van der Waals surface area contributed by atoms with Gasteiger partial charge in [0, 0.05) is 43.9 Å². The second-order valence-electron chi connectivity index (χ2n) is 9.73. The van der Waals surface area contributed by atoms with Crippen molar-refractivity contribution >= 4 is 17.3 Å². The molecule has 0 aromatic heterocycles. The number of benzene rings is 3. The highest BCUT2D eigenvalue weighted by molar-refractivity contribution is 6.46. The van der Waals surface area contributed by atoms with Crippen LogP contribution in [0.4, 0.5) is 14.5 Å². The van der Waals surface area contributed by atoms with Crippen molar-refractivity contribution in [2.45, 2.75) is 38.3 Å². The number of likely N-dealkylation sites (tertiary alicyclic amines) is 1. The third-order valence-corrected chi connectivity index (χ3v) is 7.15.